The average Bonchev–Trinajstić information content (AvgIpc) is 2.77. The van der Waals surface area contributed by atoms with E-state index in [4.69, 9.17) is 11.6 Å². The molecule has 1 aromatic rings. The number of carbonyl (C=O) groups is 1. The minimum atomic E-state index is 0.0821. The molecule has 0 aromatic heterocycles. The van der Waals surface area contributed by atoms with Gasteiger partial charge in [0, 0.05) is 31.8 Å². The molecule has 2 nitrogen and oxygen atoms in total. The molecule has 0 N–H and O–H groups in total. The normalized spacial score (nSPS) is 14.2. The summed E-state index contributed by atoms with van der Waals surface area (Å²) in [6.07, 6.45) is 5.44. The van der Waals surface area contributed by atoms with Crippen LogP contribution < -0.4 is 0 Å². The molecule has 0 saturated heterocycles. The predicted molar refractivity (Wildman–Crippen MR) is 74.9 cm³/mol. The molecule has 0 atom stereocenters. The second-order valence-corrected chi connectivity index (χ2v) is 4.98. The van der Waals surface area contributed by atoms with Gasteiger partial charge in [0.05, 0.1) is 5.02 Å². The topological polar surface area (TPSA) is 20.3 Å². The quantitative estimate of drug-likeness (QED) is 0.771. The molecule has 0 radical (unpaired) electrons. The average molecular weight is 262 g/mol. The van der Waals surface area contributed by atoms with E-state index < -0.39 is 0 Å². The number of hydrogen-bond acceptors (Lipinski definition) is 2. The molecule has 1 aliphatic carbocycles. The minimum Gasteiger partial charge on any atom is -0.378 e. The van der Waals surface area contributed by atoms with Gasteiger partial charge in [-0.15, -0.1) is 0 Å². The maximum absolute atomic E-state index is 12.2. The summed E-state index contributed by atoms with van der Waals surface area (Å²) in [4.78, 5) is 14.3. The highest BCUT2D eigenvalue weighted by atomic mass is 35.5. The zero-order valence-electron chi connectivity index (χ0n) is 10.6. The second kappa shape index (κ2) is 5.40. The summed E-state index contributed by atoms with van der Waals surface area (Å²) in [5.41, 5.74) is 2.90. The van der Waals surface area contributed by atoms with E-state index in [2.05, 4.69) is 12.2 Å². The van der Waals surface area contributed by atoms with Gasteiger partial charge in [-0.05, 0) is 30.2 Å². The predicted octanol–water partition coefficient (Wildman–Crippen LogP) is 3.69. The molecule has 0 bridgehead atoms. The zero-order chi connectivity index (χ0) is 13.1. The van der Waals surface area contributed by atoms with E-state index in [0.717, 1.165) is 17.7 Å². The van der Waals surface area contributed by atoms with Crippen LogP contribution in [0.15, 0.2) is 47.7 Å². The number of likely N-dealkylation sites (N-methyl/N-ethyl adjacent to an activating group) is 1. The van der Waals surface area contributed by atoms with Crippen LogP contribution in [0.1, 0.15) is 23.2 Å². The van der Waals surface area contributed by atoms with Crippen LogP contribution in [0.2, 0.25) is 5.02 Å². The van der Waals surface area contributed by atoms with Gasteiger partial charge in [0.2, 0.25) is 0 Å². The zero-order valence-corrected chi connectivity index (χ0v) is 11.4. The van der Waals surface area contributed by atoms with E-state index in [0.29, 0.717) is 17.0 Å². The summed E-state index contributed by atoms with van der Waals surface area (Å²) in [7, 11) is 3.98. The third-order valence-electron chi connectivity index (χ3n) is 3.03. The molecule has 0 amide bonds. The highest BCUT2D eigenvalue weighted by molar-refractivity contribution is 6.34. The number of benzene rings is 1. The van der Waals surface area contributed by atoms with Gasteiger partial charge in [-0.1, -0.05) is 29.8 Å². The third kappa shape index (κ3) is 2.65. The van der Waals surface area contributed by atoms with Gasteiger partial charge in [0.25, 0.3) is 0 Å². The monoisotopic (exact) mass is 261 g/mol. The molecule has 0 saturated carbocycles. The summed E-state index contributed by atoms with van der Waals surface area (Å²) in [5.74, 6) is 0.0821. The summed E-state index contributed by atoms with van der Waals surface area (Å²) < 4.78 is 0. The number of carbonyl (C=O) groups excluding carboxylic acids is 1. The van der Waals surface area contributed by atoms with Gasteiger partial charge in [-0.25, -0.2) is 0 Å². The van der Waals surface area contributed by atoms with Crippen molar-refractivity contribution < 1.29 is 4.79 Å². The summed E-state index contributed by atoms with van der Waals surface area (Å²) in [6, 6.07) is 7.21. The Morgan fingerprint density at radius 1 is 1.33 bits per heavy atom. The Kier molecular flexibility index (Phi) is 3.87. The first-order valence-electron chi connectivity index (χ1n) is 5.93. The maximum atomic E-state index is 12.2. The van der Waals surface area contributed by atoms with Crippen molar-refractivity contribution in [2.24, 2.45) is 0 Å². The first-order valence-corrected chi connectivity index (χ1v) is 6.31. The molecule has 0 fully saturated rings. The van der Waals surface area contributed by atoms with E-state index in [-0.39, 0.29) is 5.78 Å². The Hall–Kier alpha value is -1.54. The number of allylic oxidation sites excluding steroid dienone is 3. The molecule has 3 heteroatoms. The molecule has 2 rings (SSSR count). The number of rotatable bonds is 4. The van der Waals surface area contributed by atoms with Gasteiger partial charge < -0.3 is 4.90 Å². The lowest BCUT2D eigenvalue weighted by Crippen LogP contribution is -2.12. The number of Topliss-reactive ketones (excluding diaryl/α,β-unsaturated/α-hetero) is 1. The molecular weight excluding hydrogens is 246 g/mol. The van der Waals surface area contributed by atoms with Crippen LogP contribution in [-0.2, 0) is 0 Å². The van der Waals surface area contributed by atoms with Gasteiger partial charge in [0.1, 0.15) is 0 Å². The molecule has 1 aromatic carbocycles. The summed E-state index contributed by atoms with van der Waals surface area (Å²) in [6.45, 7) is 0. The van der Waals surface area contributed by atoms with Crippen molar-refractivity contribution in [2.45, 2.75) is 12.8 Å². The van der Waals surface area contributed by atoms with Crippen molar-refractivity contribution in [3.63, 3.8) is 0 Å². The van der Waals surface area contributed by atoms with Crippen LogP contribution in [0.5, 0.6) is 0 Å². The molecule has 0 aliphatic heterocycles. The second-order valence-electron chi connectivity index (χ2n) is 4.57. The van der Waals surface area contributed by atoms with E-state index in [9.17, 15) is 4.79 Å². The number of nitrogens with zero attached hydrogens (tertiary/aromatic N) is 1. The fourth-order valence-electron chi connectivity index (χ4n) is 2.14. The minimum absolute atomic E-state index is 0.0821. The van der Waals surface area contributed by atoms with Crippen LogP contribution in [0.4, 0.5) is 0 Å². The lowest BCUT2D eigenvalue weighted by molar-refractivity contribution is 0.0992. The lowest BCUT2D eigenvalue weighted by Gasteiger charge is -2.15. The molecule has 0 unspecified atom stereocenters. The van der Waals surface area contributed by atoms with E-state index in [1.165, 1.54) is 0 Å². The highest BCUT2D eigenvalue weighted by Gasteiger charge is 2.17. The van der Waals surface area contributed by atoms with Crippen molar-refractivity contribution in [3.05, 3.63) is 58.3 Å². The molecule has 94 valence electrons. The van der Waals surface area contributed by atoms with E-state index in [1.807, 2.05) is 31.1 Å². The van der Waals surface area contributed by atoms with Crippen molar-refractivity contribution in [3.8, 4) is 0 Å². The fraction of sp³-hybridized carbons (Fsp3) is 0.267. The SMILES string of the molecule is CN(C)C1=C(CC(=O)c2ccccc2Cl)CC=C1. The van der Waals surface area contributed by atoms with Crippen molar-refractivity contribution in [2.75, 3.05) is 14.1 Å². The maximum Gasteiger partial charge on any atom is 0.168 e. The first-order chi connectivity index (χ1) is 8.59. The Balaban J connectivity index is 2.19. The van der Waals surface area contributed by atoms with Gasteiger partial charge in [-0.3, -0.25) is 4.79 Å². The summed E-state index contributed by atoms with van der Waals surface area (Å²) in [5, 5.41) is 0.528. The van der Waals surface area contributed by atoms with Crippen LogP contribution in [0.25, 0.3) is 0 Å². The molecule has 0 spiro atoms. The Bertz CT molecular complexity index is 529. The third-order valence-corrected chi connectivity index (χ3v) is 3.36. The van der Waals surface area contributed by atoms with Crippen molar-refractivity contribution in [1.82, 2.24) is 4.90 Å². The lowest BCUT2D eigenvalue weighted by atomic mass is 10.0. The van der Waals surface area contributed by atoms with E-state index >= 15 is 0 Å². The summed E-state index contributed by atoms with van der Waals surface area (Å²) >= 11 is 6.04. The van der Waals surface area contributed by atoms with E-state index in [1.54, 1.807) is 12.1 Å². The van der Waals surface area contributed by atoms with Crippen LogP contribution in [0, 0.1) is 0 Å². The molecular formula is C15H16ClNO. The highest BCUT2D eigenvalue weighted by Crippen LogP contribution is 2.26. The van der Waals surface area contributed by atoms with Gasteiger partial charge >= 0.3 is 0 Å². The Labute approximate surface area is 113 Å². The van der Waals surface area contributed by atoms with Gasteiger partial charge in [-0.2, -0.15) is 0 Å². The van der Waals surface area contributed by atoms with Crippen LogP contribution in [0.3, 0.4) is 0 Å². The van der Waals surface area contributed by atoms with Crippen molar-refractivity contribution in [1.29, 1.82) is 0 Å². The standard InChI is InChI=1S/C15H16ClNO/c1-17(2)14-9-5-6-11(14)10-15(18)12-7-3-4-8-13(12)16/h3-5,7-9H,6,10H2,1-2H3. The number of halogens is 1. The van der Waals surface area contributed by atoms with Crippen LogP contribution >= 0.6 is 11.6 Å². The van der Waals surface area contributed by atoms with Gasteiger partial charge in [0.15, 0.2) is 5.78 Å². The van der Waals surface area contributed by atoms with Crippen LogP contribution in [-0.4, -0.2) is 24.8 Å². The fourth-order valence-corrected chi connectivity index (χ4v) is 2.38. The number of hydrogen-bond donors (Lipinski definition) is 0. The Morgan fingerprint density at radius 2 is 2.06 bits per heavy atom. The number of ketones is 1. The Morgan fingerprint density at radius 3 is 2.72 bits per heavy atom. The molecule has 1 aliphatic rings. The first kappa shape index (κ1) is 12.9. The molecule has 0 heterocycles. The molecule has 18 heavy (non-hydrogen) atoms. The smallest absolute Gasteiger partial charge is 0.168 e. The van der Waals surface area contributed by atoms with Crippen molar-refractivity contribution >= 4 is 17.4 Å². The largest absolute Gasteiger partial charge is 0.378 e.